The summed E-state index contributed by atoms with van der Waals surface area (Å²) in [5.41, 5.74) is 1.25. The molecule has 0 aliphatic carbocycles. The van der Waals surface area contributed by atoms with Gasteiger partial charge in [0.2, 0.25) is 0 Å². The lowest BCUT2D eigenvalue weighted by Crippen LogP contribution is -2.36. The minimum atomic E-state index is 0.474. The topological polar surface area (TPSA) is 39.1 Å². The van der Waals surface area contributed by atoms with Crippen LogP contribution in [0.3, 0.4) is 0 Å². The first-order chi connectivity index (χ1) is 7.77. The van der Waals surface area contributed by atoms with Crippen LogP contribution in [0.1, 0.15) is 38.4 Å². The Bertz CT molecular complexity index is 316. The Morgan fingerprint density at radius 3 is 3.19 bits per heavy atom. The van der Waals surface area contributed by atoms with Gasteiger partial charge in [-0.15, -0.1) is 0 Å². The molecule has 0 spiro atoms. The zero-order valence-corrected chi connectivity index (χ0v) is 10.1. The maximum Gasteiger partial charge on any atom is 0.0951 e. The largest absolute Gasteiger partial charge is 0.380 e. The average Bonchev–Trinajstić information content (AvgIpc) is 2.76. The van der Waals surface area contributed by atoms with Crippen LogP contribution in [-0.2, 0) is 11.3 Å². The number of nitrogens with one attached hydrogen (secondary N) is 1. The molecule has 1 aromatic rings. The van der Waals surface area contributed by atoms with Gasteiger partial charge in [-0.05, 0) is 26.7 Å². The van der Waals surface area contributed by atoms with Crippen molar-refractivity contribution < 1.29 is 4.74 Å². The molecular weight excluding hydrogens is 202 g/mol. The van der Waals surface area contributed by atoms with E-state index >= 15 is 0 Å². The van der Waals surface area contributed by atoms with Crippen molar-refractivity contribution in [2.75, 3.05) is 13.2 Å². The Morgan fingerprint density at radius 2 is 2.50 bits per heavy atom. The summed E-state index contributed by atoms with van der Waals surface area (Å²) >= 11 is 0. The van der Waals surface area contributed by atoms with Crippen molar-refractivity contribution in [3.8, 4) is 0 Å². The van der Waals surface area contributed by atoms with Crippen LogP contribution in [0.15, 0.2) is 12.5 Å². The third kappa shape index (κ3) is 2.83. The molecule has 1 aromatic heterocycles. The van der Waals surface area contributed by atoms with Crippen molar-refractivity contribution in [2.45, 2.75) is 45.3 Å². The van der Waals surface area contributed by atoms with E-state index in [1.807, 2.05) is 12.5 Å². The van der Waals surface area contributed by atoms with E-state index in [1.165, 1.54) is 18.5 Å². The van der Waals surface area contributed by atoms with Crippen LogP contribution >= 0.6 is 0 Å². The predicted octanol–water partition coefficient (Wildman–Crippen LogP) is 1.73. The quantitative estimate of drug-likeness (QED) is 0.845. The molecule has 4 nitrogen and oxygen atoms in total. The molecule has 0 amide bonds. The van der Waals surface area contributed by atoms with E-state index < -0.39 is 0 Å². The van der Waals surface area contributed by atoms with E-state index in [0.29, 0.717) is 12.1 Å². The van der Waals surface area contributed by atoms with Gasteiger partial charge >= 0.3 is 0 Å². The van der Waals surface area contributed by atoms with Gasteiger partial charge in [0.1, 0.15) is 0 Å². The van der Waals surface area contributed by atoms with Crippen molar-refractivity contribution in [3.63, 3.8) is 0 Å². The van der Waals surface area contributed by atoms with Crippen molar-refractivity contribution in [1.29, 1.82) is 0 Å². The van der Waals surface area contributed by atoms with Gasteiger partial charge in [0, 0.05) is 31.4 Å². The van der Waals surface area contributed by atoms with E-state index in [0.717, 1.165) is 19.8 Å². The molecular formula is C12H21N3O. The second-order valence-electron chi connectivity index (χ2n) is 4.68. The fraction of sp³-hybridized carbons (Fsp3) is 0.750. The molecule has 0 aromatic carbocycles. The van der Waals surface area contributed by atoms with Crippen molar-refractivity contribution in [1.82, 2.24) is 14.9 Å². The molecule has 90 valence electrons. The maximum absolute atomic E-state index is 5.44. The highest BCUT2D eigenvalue weighted by atomic mass is 16.5. The lowest BCUT2D eigenvalue weighted by molar-refractivity contribution is 0.0697. The molecule has 1 N–H and O–H groups in total. The molecule has 1 saturated heterocycles. The molecule has 0 radical (unpaired) electrons. The lowest BCUT2D eigenvalue weighted by Gasteiger charge is -2.23. The van der Waals surface area contributed by atoms with Crippen LogP contribution in [0, 0.1) is 0 Å². The molecule has 4 heteroatoms. The minimum Gasteiger partial charge on any atom is -0.380 e. The van der Waals surface area contributed by atoms with Gasteiger partial charge < -0.3 is 14.6 Å². The number of nitrogens with zero attached hydrogens (tertiary/aromatic N) is 2. The second-order valence-corrected chi connectivity index (χ2v) is 4.68. The van der Waals surface area contributed by atoms with Gasteiger partial charge in [0.15, 0.2) is 0 Å². The van der Waals surface area contributed by atoms with Crippen LogP contribution in [0.25, 0.3) is 0 Å². The molecule has 1 aliphatic rings. The highest BCUT2D eigenvalue weighted by molar-refractivity contribution is 4.99. The summed E-state index contributed by atoms with van der Waals surface area (Å²) in [6, 6.07) is 0.978. The first-order valence-corrected chi connectivity index (χ1v) is 6.09. The third-order valence-corrected chi connectivity index (χ3v) is 3.03. The molecule has 2 rings (SSSR count). The van der Waals surface area contributed by atoms with E-state index in [4.69, 9.17) is 4.74 Å². The average molecular weight is 223 g/mol. The Labute approximate surface area is 97.0 Å². The van der Waals surface area contributed by atoms with Gasteiger partial charge in [-0.3, -0.25) is 0 Å². The third-order valence-electron chi connectivity index (χ3n) is 3.03. The number of rotatable bonds is 4. The van der Waals surface area contributed by atoms with Gasteiger partial charge in [-0.2, -0.15) is 0 Å². The molecule has 0 saturated carbocycles. The molecule has 1 unspecified atom stereocenters. The number of hydrogen-bond acceptors (Lipinski definition) is 3. The van der Waals surface area contributed by atoms with Crippen molar-refractivity contribution in [3.05, 3.63) is 18.2 Å². The van der Waals surface area contributed by atoms with Gasteiger partial charge in [-0.25, -0.2) is 4.98 Å². The SMILES string of the molecule is CC(C)n1cncc1CNC1CCCOC1. The standard InChI is InChI=1S/C12H21N3O/c1-10(2)15-9-13-6-12(15)7-14-11-4-3-5-16-8-11/h6,9-11,14H,3-5,7-8H2,1-2H3. The molecule has 1 fully saturated rings. The van der Waals surface area contributed by atoms with Gasteiger partial charge in [0.05, 0.1) is 18.6 Å². The van der Waals surface area contributed by atoms with Crippen LogP contribution in [0.4, 0.5) is 0 Å². The lowest BCUT2D eigenvalue weighted by atomic mass is 10.1. The fourth-order valence-electron chi connectivity index (χ4n) is 2.08. The zero-order valence-electron chi connectivity index (χ0n) is 10.1. The summed E-state index contributed by atoms with van der Waals surface area (Å²) in [7, 11) is 0. The molecule has 1 aliphatic heterocycles. The monoisotopic (exact) mass is 223 g/mol. The van der Waals surface area contributed by atoms with E-state index in [1.54, 1.807) is 0 Å². The maximum atomic E-state index is 5.44. The number of hydrogen-bond donors (Lipinski definition) is 1. The first-order valence-electron chi connectivity index (χ1n) is 6.09. The van der Waals surface area contributed by atoms with Crippen LogP contribution in [-0.4, -0.2) is 28.8 Å². The highest BCUT2D eigenvalue weighted by Crippen LogP contribution is 2.10. The summed E-state index contributed by atoms with van der Waals surface area (Å²) < 4.78 is 7.65. The number of aromatic nitrogens is 2. The second kappa shape index (κ2) is 5.46. The van der Waals surface area contributed by atoms with Gasteiger partial charge in [0.25, 0.3) is 0 Å². The molecule has 1 atom stereocenters. The minimum absolute atomic E-state index is 0.474. The van der Waals surface area contributed by atoms with Crippen molar-refractivity contribution in [2.24, 2.45) is 0 Å². The molecule has 2 heterocycles. The molecule has 16 heavy (non-hydrogen) atoms. The Balaban J connectivity index is 1.86. The summed E-state index contributed by atoms with van der Waals surface area (Å²) in [6.07, 6.45) is 6.23. The van der Waals surface area contributed by atoms with Crippen molar-refractivity contribution >= 4 is 0 Å². The normalized spacial score (nSPS) is 21.6. The summed E-state index contributed by atoms with van der Waals surface area (Å²) in [5, 5.41) is 3.53. The predicted molar refractivity (Wildman–Crippen MR) is 63.3 cm³/mol. The zero-order chi connectivity index (χ0) is 11.4. The Kier molecular flexibility index (Phi) is 3.96. The van der Waals surface area contributed by atoms with E-state index in [-0.39, 0.29) is 0 Å². The highest BCUT2D eigenvalue weighted by Gasteiger charge is 2.14. The smallest absolute Gasteiger partial charge is 0.0951 e. The molecule has 0 bridgehead atoms. The van der Waals surface area contributed by atoms with Gasteiger partial charge in [-0.1, -0.05) is 0 Å². The summed E-state index contributed by atoms with van der Waals surface area (Å²) in [6.45, 7) is 6.99. The van der Waals surface area contributed by atoms with Crippen LogP contribution in [0.5, 0.6) is 0 Å². The first kappa shape index (κ1) is 11.6. The Hall–Kier alpha value is -0.870. The number of ether oxygens (including phenoxy) is 1. The van der Waals surface area contributed by atoms with Crippen LogP contribution < -0.4 is 5.32 Å². The van der Waals surface area contributed by atoms with E-state index in [9.17, 15) is 0 Å². The Morgan fingerprint density at radius 1 is 1.62 bits per heavy atom. The van der Waals surface area contributed by atoms with E-state index in [2.05, 4.69) is 28.7 Å². The number of imidazole rings is 1. The van der Waals surface area contributed by atoms with Crippen LogP contribution in [0.2, 0.25) is 0 Å². The summed E-state index contributed by atoms with van der Waals surface area (Å²) in [4.78, 5) is 4.20. The summed E-state index contributed by atoms with van der Waals surface area (Å²) in [5.74, 6) is 0. The fourth-order valence-corrected chi connectivity index (χ4v) is 2.08.